The highest BCUT2D eigenvalue weighted by atomic mass is 16.4. The number of carboxylic acids is 1. The first-order valence-electron chi connectivity index (χ1n) is 4.81. The standard InChI is InChI=1S/C10H15N3O2/c1-11-4-2-5-13-9-3-6-12-7-8(9)10(14)15/h3,6-7,11H,2,4-5H2,1H3,(H,12,13)(H,14,15). The highest BCUT2D eigenvalue weighted by Gasteiger charge is 2.08. The average Bonchev–Trinajstić information content (AvgIpc) is 2.25. The van der Waals surface area contributed by atoms with Crippen molar-refractivity contribution >= 4 is 11.7 Å². The van der Waals surface area contributed by atoms with Crippen molar-refractivity contribution in [1.29, 1.82) is 0 Å². The molecule has 0 aromatic carbocycles. The molecule has 15 heavy (non-hydrogen) atoms. The maximum absolute atomic E-state index is 10.8. The summed E-state index contributed by atoms with van der Waals surface area (Å²) in [5.41, 5.74) is 0.829. The van der Waals surface area contributed by atoms with Gasteiger partial charge < -0.3 is 15.7 Å². The monoisotopic (exact) mass is 209 g/mol. The summed E-state index contributed by atoms with van der Waals surface area (Å²) in [5.74, 6) is -0.959. The quantitative estimate of drug-likeness (QED) is 0.604. The zero-order chi connectivity index (χ0) is 11.1. The molecule has 5 heteroatoms. The zero-order valence-electron chi connectivity index (χ0n) is 8.66. The zero-order valence-corrected chi connectivity index (χ0v) is 8.66. The molecule has 0 aliphatic carbocycles. The summed E-state index contributed by atoms with van der Waals surface area (Å²) in [6, 6.07) is 1.67. The van der Waals surface area contributed by atoms with Crippen molar-refractivity contribution in [2.45, 2.75) is 6.42 Å². The maximum Gasteiger partial charge on any atom is 0.339 e. The van der Waals surface area contributed by atoms with Crippen LogP contribution in [0.25, 0.3) is 0 Å². The Morgan fingerprint density at radius 1 is 1.53 bits per heavy atom. The smallest absolute Gasteiger partial charge is 0.339 e. The number of rotatable bonds is 6. The first-order chi connectivity index (χ1) is 7.25. The van der Waals surface area contributed by atoms with E-state index in [1.165, 1.54) is 6.20 Å². The minimum Gasteiger partial charge on any atom is -0.478 e. The first-order valence-corrected chi connectivity index (χ1v) is 4.81. The second kappa shape index (κ2) is 5.98. The van der Waals surface area contributed by atoms with Gasteiger partial charge in [-0.25, -0.2) is 4.79 Å². The van der Waals surface area contributed by atoms with Gasteiger partial charge in [-0.05, 0) is 26.1 Å². The van der Waals surface area contributed by atoms with Gasteiger partial charge in [0.1, 0.15) is 5.56 Å². The summed E-state index contributed by atoms with van der Waals surface area (Å²) < 4.78 is 0. The molecule has 0 aliphatic rings. The van der Waals surface area contributed by atoms with Gasteiger partial charge in [0, 0.05) is 18.9 Å². The lowest BCUT2D eigenvalue weighted by Crippen LogP contribution is -2.14. The summed E-state index contributed by atoms with van der Waals surface area (Å²) in [4.78, 5) is 14.6. The van der Waals surface area contributed by atoms with E-state index in [2.05, 4.69) is 15.6 Å². The summed E-state index contributed by atoms with van der Waals surface area (Å²) in [5, 5.41) is 15.0. The first kappa shape index (κ1) is 11.5. The third-order valence-electron chi connectivity index (χ3n) is 1.97. The number of aromatic carboxylic acids is 1. The molecule has 1 heterocycles. The largest absolute Gasteiger partial charge is 0.478 e. The molecule has 0 aliphatic heterocycles. The van der Waals surface area contributed by atoms with Crippen molar-refractivity contribution in [1.82, 2.24) is 10.3 Å². The van der Waals surface area contributed by atoms with E-state index < -0.39 is 5.97 Å². The normalized spacial score (nSPS) is 9.93. The molecule has 0 saturated carbocycles. The van der Waals surface area contributed by atoms with E-state index in [0.29, 0.717) is 5.69 Å². The van der Waals surface area contributed by atoms with Gasteiger partial charge in [-0.2, -0.15) is 0 Å². The van der Waals surface area contributed by atoms with Gasteiger partial charge in [-0.1, -0.05) is 0 Å². The number of carboxylic acid groups (broad SMARTS) is 1. The Balaban J connectivity index is 2.56. The van der Waals surface area contributed by atoms with Crippen LogP contribution in [0, 0.1) is 0 Å². The molecule has 0 spiro atoms. The van der Waals surface area contributed by atoms with Gasteiger partial charge in [0.05, 0.1) is 5.69 Å². The van der Waals surface area contributed by atoms with E-state index in [1.54, 1.807) is 12.3 Å². The molecule has 3 N–H and O–H groups in total. The van der Waals surface area contributed by atoms with Crippen LogP contribution in [0.3, 0.4) is 0 Å². The van der Waals surface area contributed by atoms with E-state index in [4.69, 9.17) is 5.11 Å². The van der Waals surface area contributed by atoms with Gasteiger partial charge in [0.25, 0.3) is 0 Å². The predicted molar refractivity (Wildman–Crippen MR) is 58.2 cm³/mol. The highest BCUT2D eigenvalue weighted by molar-refractivity contribution is 5.93. The molecule has 1 aromatic heterocycles. The lowest BCUT2D eigenvalue weighted by atomic mass is 10.2. The Hall–Kier alpha value is -1.62. The van der Waals surface area contributed by atoms with Gasteiger partial charge in [0.15, 0.2) is 0 Å². The van der Waals surface area contributed by atoms with E-state index in [9.17, 15) is 4.79 Å². The number of anilines is 1. The van der Waals surface area contributed by atoms with Crippen LogP contribution in [0.5, 0.6) is 0 Å². The second-order valence-corrected chi connectivity index (χ2v) is 3.11. The predicted octanol–water partition coefficient (Wildman–Crippen LogP) is 0.801. The molecule has 0 bridgehead atoms. The fourth-order valence-electron chi connectivity index (χ4n) is 1.21. The molecule has 0 atom stereocenters. The topological polar surface area (TPSA) is 74.2 Å². The van der Waals surface area contributed by atoms with Crippen LogP contribution in [0.4, 0.5) is 5.69 Å². The number of aromatic nitrogens is 1. The maximum atomic E-state index is 10.8. The molecule has 0 radical (unpaired) electrons. The summed E-state index contributed by atoms with van der Waals surface area (Å²) in [6.45, 7) is 1.64. The third-order valence-corrected chi connectivity index (χ3v) is 1.97. The Labute approximate surface area is 88.5 Å². The van der Waals surface area contributed by atoms with E-state index in [-0.39, 0.29) is 5.56 Å². The molecular formula is C10H15N3O2. The SMILES string of the molecule is CNCCCNc1ccncc1C(=O)O. The van der Waals surface area contributed by atoms with Gasteiger partial charge in [-0.15, -0.1) is 0 Å². The number of nitrogens with zero attached hydrogens (tertiary/aromatic N) is 1. The number of hydrogen-bond donors (Lipinski definition) is 3. The minimum absolute atomic E-state index is 0.210. The highest BCUT2D eigenvalue weighted by Crippen LogP contribution is 2.12. The number of hydrogen-bond acceptors (Lipinski definition) is 4. The van der Waals surface area contributed by atoms with Crippen LogP contribution in [-0.4, -0.2) is 36.2 Å². The van der Waals surface area contributed by atoms with Crippen LogP contribution < -0.4 is 10.6 Å². The Morgan fingerprint density at radius 2 is 2.33 bits per heavy atom. The van der Waals surface area contributed by atoms with Crippen molar-refractivity contribution in [2.24, 2.45) is 0 Å². The summed E-state index contributed by atoms with van der Waals surface area (Å²) in [6.07, 6.45) is 3.87. The third kappa shape index (κ3) is 3.55. The summed E-state index contributed by atoms with van der Waals surface area (Å²) >= 11 is 0. The number of carbonyl (C=O) groups is 1. The van der Waals surface area contributed by atoms with Crippen molar-refractivity contribution in [3.05, 3.63) is 24.0 Å². The molecular weight excluding hydrogens is 194 g/mol. The van der Waals surface area contributed by atoms with Crippen molar-refractivity contribution in [3.8, 4) is 0 Å². The summed E-state index contributed by atoms with van der Waals surface area (Å²) in [7, 11) is 1.88. The molecule has 0 fully saturated rings. The van der Waals surface area contributed by atoms with Gasteiger partial charge in [0.2, 0.25) is 0 Å². The molecule has 82 valence electrons. The Bertz CT molecular complexity index is 328. The molecule has 0 unspecified atom stereocenters. The molecule has 0 amide bonds. The van der Waals surface area contributed by atoms with Crippen molar-refractivity contribution in [2.75, 3.05) is 25.5 Å². The Morgan fingerprint density at radius 3 is 3.00 bits per heavy atom. The number of nitrogens with one attached hydrogen (secondary N) is 2. The van der Waals surface area contributed by atoms with Crippen LogP contribution in [-0.2, 0) is 0 Å². The minimum atomic E-state index is -0.959. The molecule has 0 saturated heterocycles. The fraction of sp³-hybridized carbons (Fsp3) is 0.400. The van der Waals surface area contributed by atoms with Crippen LogP contribution in [0.15, 0.2) is 18.5 Å². The molecule has 5 nitrogen and oxygen atoms in total. The molecule has 1 rings (SSSR count). The van der Waals surface area contributed by atoms with Gasteiger partial charge >= 0.3 is 5.97 Å². The van der Waals surface area contributed by atoms with Crippen LogP contribution in [0.2, 0.25) is 0 Å². The van der Waals surface area contributed by atoms with Crippen molar-refractivity contribution in [3.63, 3.8) is 0 Å². The Kier molecular flexibility index (Phi) is 4.56. The van der Waals surface area contributed by atoms with Gasteiger partial charge in [-0.3, -0.25) is 4.98 Å². The number of pyridine rings is 1. The van der Waals surface area contributed by atoms with E-state index in [0.717, 1.165) is 19.5 Å². The second-order valence-electron chi connectivity index (χ2n) is 3.11. The van der Waals surface area contributed by atoms with Crippen molar-refractivity contribution < 1.29 is 9.90 Å². The fourth-order valence-corrected chi connectivity index (χ4v) is 1.21. The lowest BCUT2D eigenvalue weighted by Gasteiger charge is -2.08. The average molecular weight is 209 g/mol. The van der Waals surface area contributed by atoms with E-state index >= 15 is 0 Å². The van der Waals surface area contributed by atoms with E-state index in [1.807, 2.05) is 7.05 Å². The lowest BCUT2D eigenvalue weighted by molar-refractivity contribution is 0.0697. The van der Waals surface area contributed by atoms with Crippen LogP contribution >= 0.6 is 0 Å². The molecule has 1 aromatic rings. The van der Waals surface area contributed by atoms with Crippen LogP contribution in [0.1, 0.15) is 16.8 Å².